The van der Waals surface area contributed by atoms with Crippen LogP contribution in [0.25, 0.3) is 0 Å². The van der Waals surface area contributed by atoms with Crippen LogP contribution in [0, 0.1) is 12.8 Å². The number of amides is 1. The zero-order valence-electron chi connectivity index (χ0n) is 17.1. The highest BCUT2D eigenvalue weighted by Gasteiger charge is 2.24. The van der Waals surface area contributed by atoms with Crippen LogP contribution in [0.2, 0.25) is 0 Å². The molecule has 150 valence electrons. The van der Waals surface area contributed by atoms with Crippen LogP contribution in [0.4, 0.5) is 0 Å². The molecule has 1 heterocycles. The van der Waals surface area contributed by atoms with Crippen molar-refractivity contribution in [3.8, 4) is 5.75 Å². The first-order valence-corrected chi connectivity index (χ1v) is 10.4. The molecule has 0 aliphatic carbocycles. The maximum Gasteiger partial charge on any atom is 0.223 e. The molecular weight excluding hydrogens is 348 g/mol. The zero-order valence-corrected chi connectivity index (χ0v) is 17.1. The van der Waals surface area contributed by atoms with Crippen LogP contribution in [0.15, 0.2) is 48.5 Å². The van der Waals surface area contributed by atoms with E-state index in [1.165, 1.54) is 16.7 Å². The molecule has 0 saturated carbocycles. The van der Waals surface area contributed by atoms with E-state index < -0.39 is 0 Å². The average Bonchev–Trinajstić information content (AvgIpc) is 2.72. The average molecular weight is 381 g/mol. The van der Waals surface area contributed by atoms with Gasteiger partial charge in [0.15, 0.2) is 0 Å². The molecule has 0 aromatic heterocycles. The molecule has 2 aromatic carbocycles. The van der Waals surface area contributed by atoms with Gasteiger partial charge in [0, 0.05) is 12.5 Å². The minimum absolute atomic E-state index is 0.123. The lowest BCUT2D eigenvalue weighted by molar-refractivity contribution is -0.126. The summed E-state index contributed by atoms with van der Waals surface area (Å²) >= 11 is 0. The molecule has 1 aliphatic heterocycles. The van der Waals surface area contributed by atoms with Crippen molar-refractivity contribution in [2.45, 2.75) is 39.7 Å². The predicted molar refractivity (Wildman–Crippen MR) is 114 cm³/mol. The van der Waals surface area contributed by atoms with E-state index in [-0.39, 0.29) is 11.8 Å². The minimum Gasteiger partial charge on any atom is -0.492 e. The summed E-state index contributed by atoms with van der Waals surface area (Å²) in [6, 6.07) is 16.8. The van der Waals surface area contributed by atoms with Crippen molar-refractivity contribution in [1.29, 1.82) is 0 Å². The number of rotatable bonds is 8. The van der Waals surface area contributed by atoms with Gasteiger partial charge in [0.2, 0.25) is 5.91 Å². The van der Waals surface area contributed by atoms with Gasteiger partial charge in [0.25, 0.3) is 0 Å². The van der Waals surface area contributed by atoms with E-state index >= 15 is 0 Å². The lowest BCUT2D eigenvalue weighted by Crippen LogP contribution is -2.41. The maximum atomic E-state index is 12.4. The Morgan fingerprint density at radius 3 is 2.54 bits per heavy atom. The van der Waals surface area contributed by atoms with Gasteiger partial charge in [0.05, 0.1) is 6.54 Å². The van der Waals surface area contributed by atoms with Crippen LogP contribution < -0.4 is 10.1 Å². The van der Waals surface area contributed by atoms with Crippen molar-refractivity contribution in [1.82, 2.24) is 10.2 Å². The second-order valence-electron chi connectivity index (χ2n) is 7.68. The summed E-state index contributed by atoms with van der Waals surface area (Å²) < 4.78 is 5.71. The van der Waals surface area contributed by atoms with Crippen LogP contribution >= 0.6 is 0 Å². The number of aryl methyl sites for hydroxylation is 2. The molecule has 1 amide bonds. The van der Waals surface area contributed by atoms with Crippen molar-refractivity contribution in [3.63, 3.8) is 0 Å². The van der Waals surface area contributed by atoms with Crippen LogP contribution in [0.1, 0.15) is 36.5 Å². The maximum absolute atomic E-state index is 12.4. The van der Waals surface area contributed by atoms with Gasteiger partial charge in [-0.3, -0.25) is 9.69 Å². The summed E-state index contributed by atoms with van der Waals surface area (Å²) in [5.41, 5.74) is 3.96. The Labute approximate surface area is 168 Å². The van der Waals surface area contributed by atoms with Gasteiger partial charge in [-0.1, -0.05) is 48.9 Å². The number of hydrogen-bond donors (Lipinski definition) is 1. The fourth-order valence-corrected chi connectivity index (χ4v) is 3.73. The number of carbonyl (C=O) groups is 1. The molecule has 1 aliphatic rings. The number of nitrogens with zero attached hydrogens (tertiary/aromatic N) is 1. The van der Waals surface area contributed by atoms with Crippen LogP contribution in [0.3, 0.4) is 0 Å². The van der Waals surface area contributed by atoms with E-state index in [1.54, 1.807) is 0 Å². The van der Waals surface area contributed by atoms with Crippen LogP contribution in [-0.4, -0.2) is 37.0 Å². The Hall–Kier alpha value is -2.33. The van der Waals surface area contributed by atoms with Gasteiger partial charge >= 0.3 is 0 Å². The highest BCUT2D eigenvalue weighted by atomic mass is 16.5. The summed E-state index contributed by atoms with van der Waals surface area (Å²) in [5, 5.41) is 3.03. The topological polar surface area (TPSA) is 41.6 Å². The molecule has 28 heavy (non-hydrogen) atoms. The highest BCUT2D eigenvalue weighted by Crippen LogP contribution is 2.19. The lowest BCUT2D eigenvalue weighted by Gasteiger charge is -2.31. The van der Waals surface area contributed by atoms with Crippen LogP contribution in [-0.2, 0) is 17.8 Å². The Kier molecular flexibility index (Phi) is 7.49. The summed E-state index contributed by atoms with van der Waals surface area (Å²) in [4.78, 5) is 14.9. The van der Waals surface area contributed by atoms with Gasteiger partial charge in [-0.05, 0) is 62.5 Å². The predicted octanol–water partition coefficient (Wildman–Crippen LogP) is 3.96. The first kappa shape index (κ1) is 20.4. The SMILES string of the molecule is CCc1ccc(OCCNC(=O)C2CCN(Cc3cccc(C)c3)CC2)cc1. The smallest absolute Gasteiger partial charge is 0.223 e. The number of likely N-dealkylation sites (tertiary alicyclic amines) is 1. The molecule has 1 saturated heterocycles. The summed E-state index contributed by atoms with van der Waals surface area (Å²) in [7, 11) is 0. The number of benzene rings is 2. The van der Waals surface area contributed by atoms with E-state index in [0.717, 1.165) is 44.6 Å². The molecule has 0 spiro atoms. The third-order valence-corrected chi connectivity index (χ3v) is 5.45. The Morgan fingerprint density at radius 1 is 1.11 bits per heavy atom. The lowest BCUT2D eigenvalue weighted by atomic mass is 9.95. The standard InChI is InChI=1S/C24H32N2O2/c1-3-20-7-9-23(10-8-20)28-16-13-25-24(27)22-11-14-26(15-12-22)18-21-6-4-5-19(2)17-21/h4-10,17,22H,3,11-16,18H2,1-2H3,(H,25,27). The third-order valence-electron chi connectivity index (χ3n) is 5.45. The van der Waals surface area contributed by atoms with Gasteiger partial charge < -0.3 is 10.1 Å². The van der Waals surface area contributed by atoms with Crippen molar-refractivity contribution >= 4 is 5.91 Å². The molecule has 0 bridgehead atoms. The molecule has 4 nitrogen and oxygen atoms in total. The zero-order chi connectivity index (χ0) is 19.8. The van der Waals surface area contributed by atoms with Gasteiger partial charge in [-0.15, -0.1) is 0 Å². The van der Waals surface area contributed by atoms with Gasteiger partial charge in [-0.2, -0.15) is 0 Å². The first-order valence-electron chi connectivity index (χ1n) is 10.4. The van der Waals surface area contributed by atoms with E-state index in [0.29, 0.717) is 13.2 Å². The summed E-state index contributed by atoms with van der Waals surface area (Å²) in [6.07, 6.45) is 2.88. The van der Waals surface area contributed by atoms with Crippen molar-refractivity contribution in [2.75, 3.05) is 26.2 Å². The monoisotopic (exact) mass is 380 g/mol. The molecule has 0 unspecified atom stereocenters. The number of ether oxygens (including phenoxy) is 1. The quantitative estimate of drug-likeness (QED) is 0.705. The second kappa shape index (κ2) is 10.3. The van der Waals surface area contributed by atoms with E-state index in [1.807, 2.05) is 12.1 Å². The molecule has 1 fully saturated rings. The minimum atomic E-state index is 0.123. The fraction of sp³-hybridized carbons (Fsp3) is 0.458. The van der Waals surface area contributed by atoms with Crippen molar-refractivity contribution in [3.05, 3.63) is 65.2 Å². The Morgan fingerprint density at radius 2 is 1.86 bits per heavy atom. The number of piperidine rings is 1. The number of hydrogen-bond acceptors (Lipinski definition) is 3. The normalized spacial score (nSPS) is 15.4. The second-order valence-corrected chi connectivity index (χ2v) is 7.68. The number of carbonyl (C=O) groups excluding carboxylic acids is 1. The third kappa shape index (κ3) is 6.10. The van der Waals surface area contributed by atoms with E-state index in [2.05, 4.69) is 60.5 Å². The molecule has 3 rings (SSSR count). The van der Waals surface area contributed by atoms with Crippen molar-refractivity contribution in [2.24, 2.45) is 5.92 Å². The van der Waals surface area contributed by atoms with Crippen LogP contribution in [0.5, 0.6) is 5.75 Å². The molecule has 1 N–H and O–H groups in total. The number of nitrogens with one attached hydrogen (secondary N) is 1. The summed E-state index contributed by atoms with van der Waals surface area (Å²) in [5.74, 6) is 1.15. The summed E-state index contributed by atoms with van der Waals surface area (Å²) in [6.45, 7) is 8.25. The Balaban J connectivity index is 1.33. The van der Waals surface area contributed by atoms with Gasteiger partial charge in [-0.25, -0.2) is 0 Å². The molecule has 0 atom stereocenters. The van der Waals surface area contributed by atoms with E-state index in [4.69, 9.17) is 4.74 Å². The molecule has 4 heteroatoms. The largest absolute Gasteiger partial charge is 0.492 e. The Bertz CT molecular complexity index is 749. The van der Waals surface area contributed by atoms with Crippen molar-refractivity contribution < 1.29 is 9.53 Å². The van der Waals surface area contributed by atoms with Gasteiger partial charge in [0.1, 0.15) is 12.4 Å². The molecular formula is C24H32N2O2. The van der Waals surface area contributed by atoms with E-state index in [9.17, 15) is 4.79 Å². The molecule has 0 radical (unpaired) electrons. The highest BCUT2D eigenvalue weighted by molar-refractivity contribution is 5.78. The fourth-order valence-electron chi connectivity index (χ4n) is 3.73. The first-order chi connectivity index (χ1) is 13.6. The molecule has 2 aromatic rings.